The van der Waals surface area contributed by atoms with E-state index in [1.165, 1.54) is 43.8 Å². The highest BCUT2D eigenvalue weighted by Crippen LogP contribution is 2.59. The van der Waals surface area contributed by atoms with E-state index in [1.807, 2.05) is 36.4 Å². The third-order valence-corrected chi connectivity index (χ3v) is 10.1. The van der Waals surface area contributed by atoms with Crippen molar-refractivity contribution in [1.82, 2.24) is 0 Å². The molecule has 9 rings (SSSR count). The lowest BCUT2D eigenvalue weighted by Gasteiger charge is -2.35. The van der Waals surface area contributed by atoms with Crippen LogP contribution < -0.4 is 9.47 Å². The number of esters is 2. The summed E-state index contributed by atoms with van der Waals surface area (Å²) in [4.78, 5) is 24.0. The van der Waals surface area contributed by atoms with E-state index in [2.05, 4.69) is 122 Å². The molecule has 8 aromatic carbocycles. The zero-order valence-electron chi connectivity index (χ0n) is 27.6. The highest BCUT2D eigenvalue weighted by Gasteiger charge is 2.47. The molecule has 0 saturated heterocycles. The van der Waals surface area contributed by atoms with Crippen LogP contribution in [0.15, 0.2) is 171 Å². The Hall–Kier alpha value is -6.78. The minimum absolute atomic E-state index is 0.469. The molecule has 0 atom stereocenters. The predicted molar refractivity (Wildman–Crippen MR) is 205 cm³/mol. The molecular weight excluding hydrogens is 629 g/mol. The van der Waals surface area contributed by atoms with E-state index in [0.29, 0.717) is 11.5 Å². The lowest BCUT2D eigenvalue weighted by atomic mass is 9.66. The van der Waals surface area contributed by atoms with Crippen LogP contribution in [-0.4, -0.2) is 11.9 Å². The number of carbonyl (C=O) groups excluding carboxylic acids is 2. The third-order valence-electron chi connectivity index (χ3n) is 10.1. The van der Waals surface area contributed by atoms with Crippen LogP contribution in [0.25, 0.3) is 54.2 Å². The van der Waals surface area contributed by atoms with Gasteiger partial charge in [-0.3, -0.25) is 0 Å². The zero-order chi connectivity index (χ0) is 34.7. The summed E-state index contributed by atoms with van der Waals surface area (Å²) in [6, 6.07) is 51.0. The van der Waals surface area contributed by atoms with Crippen LogP contribution in [0.2, 0.25) is 0 Å². The number of ether oxygens (including phenoxy) is 2. The number of benzene rings is 8. The first kappa shape index (κ1) is 30.3. The van der Waals surface area contributed by atoms with Gasteiger partial charge in [-0.2, -0.15) is 0 Å². The largest absolute Gasteiger partial charge is 0.423 e. The molecule has 0 radical (unpaired) electrons. The first-order valence-corrected chi connectivity index (χ1v) is 16.8. The van der Waals surface area contributed by atoms with Gasteiger partial charge in [0.25, 0.3) is 0 Å². The Morgan fingerprint density at radius 2 is 0.941 bits per heavy atom. The highest BCUT2D eigenvalue weighted by atomic mass is 16.5. The van der Waals surface area contributed by atoms with Crippen LogP contribution in [0.5, 0.6) is 11.5 Å². The Bertz CT molecular complexity index is 2680. The van der Waals surface area contributed by atoms with Gasteiger partial charge in [-0.15, -0.1) is 0 Å². The average Bonchev–Trinajstić information content (AvgIpc) is 3.46. The van der Waals surface area contributed by atoms with E-state index in [4.69, 9.17) is 9.47 Å². The molecule has 0 heterocycles. The lowest BCUT2D eigenvalue weighted by molar-refractivity contribution is -0.129. The highest BCUT2D eigenvalue weighted by molar-refractivity contribution is 6.04. The molecule has 0 aromatic heterocycles. The van der Waals surface area contributed by atoms with Crippen molar-refractivity contribution in [3.05, 3.63) is 193 Å². The summed E-state index contributed by atoms with van der Waals surface area (Å²) in [5.41, 5.74) is 6.37. The van der Waals surface area contributed by atoms with Crippen LogP contribution in [-0.2, 0) is 15.0 Å². The maximum Gasteiger partial charge on any atom is 0.335 e. The molecule has 4 nitrogen and oxygen atoms in total. The van der Waals surface area contributed by atoms with Crippen LogP contribution in [0, 0.1) is 0 Å². The van der Waals surface area contributed by atoms with Gasteiger partial charge in [0.1, 0.15) is 11.5 Å². The zero-order valence-corrected chi connectivity index (χ0v) is 27.6. The fraction of sp³-hybridized carbons (Fsp3) is 0.0213. The van der Waals surface area contributed by atoms with Crippen LogP contribution in [0.3, 0.4) is 0 Å². The molecule has 8 aromatic rings. The van der Waals surface area contributed by atoms with Gasteiger partial charge in [-0.1, -0.05) is 110 Å². The molecule has 0 N–H and O–H groups in total. The van der Waals surface area contributed by atoms with Crippen LogP contribution in [0.1, 0.15) is 22.3 Å². The van der Waals surface area contributed by atoms with Crippen LogP contribution >= 0.6 is 0 Å². The summed E-state index contributed by atoms with van der Waals surface area (Å²) in [6.07, 6.45) is 2.33. The van der Waals surface area contributed by atoms with Gasteiger partial charge in [-0.25, -0.2) is 9.59 Å². The van der Waals surface area contributed by atoms with Gasteiger partial charge in [0.15, 0.2) is 0 Å². The Kier molecular flexibility index (Phi) is 6.94. The number of fused-ring (bicyclic) bond motifs is 8. The summed E-state index contributed by atoms with van der Waals surface area (Å²) in [5.74, 6) is -0.0518. The molecule has 0 aliphatic heterocycles. The minimum Gasteiger partial charge on any atom is -0.423 e. The monoisotopic (exact) mass is 658 g/mol. The Labute approximate surface area is 294 Å². The van der Waals surface area contributed by atoms with Gasteiger partial charge < -0.3 is 9.47 Å². The lowest BCUT2D eigenvalue weighted by Crippen LogP contribution is -2.29. The summed E-state index contributed by atoms with van der Waals surface area (Å²) in [7, 11) is 0. The molecule has 1 aliphatic rings. The molecule has 0 amide bonds. The maximum absolute atomic E-state index is 12.0. The van der Waals surface area contributed by atoms with E-state index < -0.39 is 17.4 Å². The molecule has 0 bridgehead atoms. The first-order valence-electron chi connectivity index (χ1n) is 16.8. The fourth-order valence-electron chi connectivity index (χ4n) is 7.93. The van der Waals surface area contributed by atoms with Crippen molar-refractivity contribution in [2.75, 3.05) is 0 Å². The minimum atomic E-state index is -0.708. The molecule has 0 saturated carbocycles. The number of hydrogen-bond acceptors (Lipinski definition) is 4. The maximum atomic E-state index is 12.0. The van der Waals surface area contributed by atoms with Crippen molar-refractivity contribution in [2.45, 2.75) is 5.41 Å². The standard InChI is InChI=1S/C47H30O4/c1-3-44(48)50-38-20-15-32-23-36(18-13-34(32)25-38)47(37-19-14-35-26-39(51-45(49)4-2)21-16-33(35)24-37)43-28-31-11-6-5-10-30(31)27-42(43)41-22-17-29-9-7-8-12-40(29)46(41)47/h3-28H,1-2H2. The van der Waals surface area contributed by atoms with Crippen molar-refractivity contribution in [3.63, 3.8) is 0 Å². The van der Waals surface area contributed by atoms with Gasteiger partial charge in [0.05, 0.1) is 5.41 Å². The Morgan fingerprint density at radius 1 is 0.471 bits per heavy atom. The molecule has 51 heavy (non-hydrogen) atoms. The summed E-state index contributed by atoms with van der Waals surface area (Å²) in [5, 5.41) is 8.67. The van der Waals surface area contributed by atoms with Crippen molar-refractivity contribution in [2.24, 2.45) is 0 Å². The van der Waals surface area contributed by atoms with Crippen molar-refractivity contribution in [3.8, 4) is 22.6 Å². The smallest absolute Gasteiger partial charge is 0.335 e. The van der Waals surface area contributed by atoms with E-state index in [9.17, 15) is 9.59 Å². The number of rotatable bonds is 6. The molecule has 0 fully saturated rings. The van der Waals surface area contributed by atoms with Gasteiger partial charge in [0, 0.05) is 12.2 Å². The summed E-state index contributed by atoms with van der Waals surface area (Å²) in [6.45, 7) is 7.06. The number of hydrogen-bond donors (Lipinski definition) is 0. The first-order chi connectivity index (χ1) is 25.0. The molecule has 0 spiro atoms. The predicted octanol–water partition coefficient (Wildman–Crippen LogP) is 10.8. The van der Waals surface area contributed by atoms with Gasteiger partial charge in [0.2, 0.25) is 0 Å². The second-order valence-electron chi connectivity index (χ2n) is 12.9. The molecular formula is C47H30O4. The van der Waals surface area contributed by atoms with Crippen LogP contribution in [0.4, 0.5) is 0 Å². The normalized spacial score (nSPS) is 12.8. The van der Waals surface area contributed by atoms with E-state index in [1.54, 1.807) is 0 Å². The summed E-state index contributed by atoms with van der Waals surface area (Å²) >= 11 is 0. The SMILES string of the molecule is C=CC(=O)Oc1ccc2cc(C3(c4ccc5cc(OC(=O)C=C)ccc5c4)c4cc5ccccc5cc4-c4ccc5ccccc5c43)ccc2c1. The molecule has 0 unspecified atom stereocenters. The number of carbonyl (C=O) groups is 2. The average molecular weight is 659 g/mol. The van der Waals surface area contributed by atoms with Crippen molar-refractivity contribution in [1.29, 1.82) is 0 Å². The van der Waals surface area contributed by atoms with Crippen molar-refractivity contribution >= 4 is 55.0 Å². The Morgan fingerprint density at radius 3 is 1.53 bits per heavy atom. The third kappa shape index (κ3) is 4.76. The van der Waals surface area contributed by atoms with Gasteiger partial charge in [-0.05, 0) is 125 Å². The van der Waals surface area contributed by atoms with E-state index in [-0.39, 0.29) is 0 Å². The second kappa shape index (κ2) is 11.7. The Balaban J connectivity index is 1.38. The fourth-order valence-corrected chi connectivity index (χ4v) is 7.93. The van der Waals surface area contributed by atoms with Crippen molar-refractivity contribution < 1.29 is 19.1 Å². The molecule has 242 valence electrons. The molecule has 4 heteroatoms. The van der Waals surface area contributed by atoms with E-state index >= 15 is 0 Å². The topological polar surface area (TPSA) is 52.6 Å². The van der Waals surface area contributed by atoms with E-state index in [0.717, 1.165) is 44.8 Å². The summed E-state index contributed by atoms with van der Waals surface area (Å²) < 4.78 is 10.9. The second-order valence-corrected chi connectivity index (χ2v) is 12.9. The molecule has 1 aliphatic carbocycles. The quantitative estimate of drug-likeness (QED) is 0.101. The van der Waals surface area contributed by atoms with Gasteiger partial charge >= 0.3 is 11.9 Å².